The SMILES string of the molecule is Cc1nc2c(cc1N(C)c1ccccc1)c(=O)cc(Nc1ccccc1)n2-c1ccccc1. The van der Waals surface area contributed by atoms with Crippen molar-refractivity contribution >= 4 is 33.9 Å². The molecule has 1 N–H and O–H groups in total. The fourth-order valence-corrected chi connectivity index (χ4v) is 4.04. The van der Waals surface area contributed by atoms with Crippen molar-refractivity contribution in [3.8, 4) is 5.69 Å². The number of nitrogens with one attached hydrogen (secondary N) is 1. The molecule has 0 spiro atoms. The van der Waals surface area contributed by atoms with Gasteiger partial charge in [-0.15, -0.1) is 0 Å². The van der Waals surface area contributed by atoms with Crippen LogP contribution in [0.15, 0.2) is 108 Å². The van der Waals surface area contributed by atoms with Gasteiger partial charge in [0.25, 0.3) is 0 Å². The van der Waals surface area contributed by atoms with E-state index in [2.05, 4.69) is 10.2 Å². The molecule has 0 aliphatic heterocycles. The molecule has 0 atom stereocenters. The van der Waals surface area contributed by atoms with Crippen molar-refractivity contribution in [2.75, 3.05) is 17.3 Å². The van der Waals surface area contributed by atoms with Crippen molar-refractivity contribution in [1.82, 2.24) is 9.55 Å². The summed E-state index contributed by atoms with van der Waals surface area (Å²) in [6, 6.07) is 33.5. The number of anilines is 4. The highest BCUT2D eigenvalue weighted by atomic mass is 16.1. The number of pyridine rings is 2. The Morgan fingerprint density at radius 1 is 0.818 bits per heavy atom. The zero-order valence-corrected chi connectivity index (χ0v) is 18.6. The van der Waals surface area contributed by atoms with Gasteiger partial charge >= 0.3 is 0 Å². The van der Waals surface area contributed by atoms with Crippen LogP contribution in [0.2, 0.25) is 0 Å². The summed E-state index contributed by atoms with van der Waals surface area (Å²) in [4.78, 5) is 20.3. The number of hydrogen-bond donors (Lipinski definition) is 1. The van der Waals surface area contributed by atoms with Crippen LogP contribution in [0.25, 0.3) is 16.7 Å². The maximum absolute atomic E-state index is 13.3. The predicted molar refractivity (Wildman–Crippen MR) is 136 cm³/mol. The van der Waals surface area contributed by atoms with Crippen LogP contribution in [0.3, 0.4) is 0 Å². The number of nitrogens with zero attached hydrogens (tertiary/aromatic N) is 3. The minimum atomic E-state index is -0.0779. The van der Waals surface area contributed by atoms with Gasteiger partial charge in [0.05, 0.1) is 16.8 Å². The second-order valence-electron chi connectivity index (χ2n) is 7.91. The quantitative estimate of drug-likeness (QED) is 0.359. The number of benzene rings is 3. The first-order valence-electron chi connectivity index (χ1n) is 10.9. The number of fused-ring (bicyclic) bond motifs is 1. The van der Waals surface area contributed by atoms with Crippen molar-refractivity contribution in [2.45, 2.75) is 6.92 Å². The van der Waals surface area contributed by atoms with Crippen molar-refractivity contribution < 1.29 is 0 Å². The average Bonchev–Trinajstić information content (AvgIpc) is 2.85. The van der Waals surface area contributed by atoms with Gasteiger partial charge in [-0.3, -0.25) is 9.36 Å². The molecule has 2 heterocycles. The molecule has 0 radical (unpaired) electrons. The third-order valence-electron chi connectivity index (χ3n) is 5.72. The standard InChI is InChI=1S/C28H24N4O/c1-20-25(31(2)22-14-8-4-9-15-22)18-24-26(33)19-27(30-21-12-6-3-7-13-21)32(28(24)29-20)23-16-10-5-11-17-23/h3-19,30H,1-2H3. The van der Waals surface area contributed by atoms with Crippen molar-refractivity contribution in [1.29, 1.82) is 0 Å². The van der Waals surface area contributed by atoms with Gasteiger partial charge in [-0.2, -0.15) is 0 Å². The molecule has 33 heavy (non-hydrogen) atoms. The van der Waals surface area contributed by atoms with Crippen LogP contribution in [0, 0.1) is 6.92 Å². The Labute approximate surface area is 192 Å². The Bertz CT molecular complexity index is 1460. The van der Waals surface area contributed by atoms with Crippen molar-refractivity contribution in [2.24, 2.45) is 0 Å². The van der Waals surface area contributed by atoms with Gasteiger partial charge in [0, 0.05) is 30.2 Å². The highest BCUT2D eigenvalue weighted by Gasteiger charge is 2.17. The van der Waals surface area contributed by atoms with Gasteiger partial charge in [0.15, 0.2) is 5.43 Å². The normalized spacial score (nSPS) is 10.8. The minimum absolute atomic E-state index is 0.0779. The predicted octanol–water partition coefficient (Wildman–Crippen LogP) is 6.21. The van der Waals surface area contributed by atoms with Crippen molar-refractivity contribution in [3.05, 3.63) is 119 Å². The number of rotatable bonds is 5. The molecule has 0 bridgehead atoms. The van der Waals surface area contributed by atoms with E-state index in [0.29, 0.717) is 16.9 Å². The molecule has 3 aromatic carbocycles. The Kier molecular flexibility index (Phi) is 5.37. The molecular formula is C28H24N4O. The third-order valence-corrected chi connectivity index (χ3v) is 5.72. The maximum Gasteiger partial charge on any atom is 0.193 e. The van der Waals surface area contributed by atoms with Crippen molar-refractivity contribution in [3.63, 3.8) is 0 Å². The molecule has 0 aliphatic carbocycles. The van der Waals surface area contributed by atoms with Gasteiger partial charge in [-0.05, 0) is 49.4 Å². The Morgan fingerprint density at radius 3 is 2.09 bits per heavy atom. The van der Waals surface area contributed by atoms with Crippen LogP contribution in [0.1, 0.15) is 5.69 Å². The second kappa shape index (κ2) is 8.63. The smallest absolute Gasteiger partial charge is 0.193 e. The van der Waals surface area contributed by atoms with Gasteiger partial charge in [-0.1, -0.05) is 54.6 Å². The van der Waals surface area contributed by atoms with Crippen LogP contribution in [0.5, 0.6) is 0 Å². The average molecular weight is 433 g/mol. The molecule has 0 unspecified atom stereocenters. The molecule has 0 aliphatic rings. The van der Waals surface area contributed by atoms with Gasteiger partial charge in [-0.25, -0.2) is 4.98 Å². The van der Waals surface area contributed by atoms with E-state index < -0.39 is 0 Å². The first-order chi connectivity index (χ1) is 16.1. The summed E-state index contributed by atoms with van der Waals surface area (Å²) in [5, 5.41) is 3.97. The molecular weight excluding hydrogens is 408 g/mol. The largest absolute Gasteiger partial charge is 0.343 e. The molecule has 0 fully saturated rings. The van der Waals surface area contributed by atoms with Gasteiger partial charge in [0.1, 0.15) is 11.5 Å². The van der Waals surface area contributed by atoms with Crippen LogP contribution in [0.4, 0.5) is 22.9 Å². The van der Waals surface area contributed by atoms with E-state index >= 15 is 0 Å². The summed E-state index contributed by atoms with van der Waals surface area (Å²) in [5.74, 6) is 0.668. The summed E-state index contributed by atoms with van der Waals surface area (Å²) in [6.45, 7) is 1.98. The Morgan fingerprint density at radius 2 is 1.42 bits per heavy atom. The van der Waals surface area contributed by atoms with Crippen LogP contribution in [-0.2, 0) is 0 Å². The first kappa shape index (κ1) is 20.5. The number of aromatic nitrogens is 2. The first-order valence-corrected chi connectivity index (χ1v) is 10.9. The Hall–Kier alpha value is -4.38. The maximum atomic E-state index is 13.3. The highest BCUT2D eigenvalue weighted by molar-refractivity contribution is 5.85. The number of para-hydroxylation sites is 3. The van der Waals surface area contributed by atoms with E-state index in [1.807, 2.05) is 116 Å². The van der Waals surface area contributed by atoms with E-state index in [1.165, 1.54) is 0 Å². The fourth-order valence-electron chi connectivity index (χ4n) is 4.04. The van der Waals surface area contributed by atoms with E-state index in [0.717, 1.165) is 28.4 Å². The topological polar surface area (TPSA) is 50.2 Å². The van der Waals surface area contributed by atoms with Gasteiger partial charge in [0.2, 0.25) is 0 Å². The summed E-state index contributed by atoms with van der Waals surface area (Å²) < 4.78 is 2.00. The third kappa shape index (κ3) is 3.96. The molecule has 0 saturated carbocycles. The molecule has 0 saturated heterocycles. The van der Waals surface area contributed by atoms with E-state index in [-0.39, 0.29) is 5.43 Å². The molecule has 0 amide bonds. The summed E-state index contributed by atoms with van der Waals surface area (Å²) in [5.41, 5.74) is 5.15. The zero-order chi connectivity index (χ0) is 22.8. The molecule has 5 heteroatoms. The van der Waals surface area contributed by atoms with Crippen LogP contribution < -0.4 is 15.6 Å². The molecule has 5 rings (SSSR count). The highest BCUT2D eigenvalue weighted by Crippen LogP contribution is 2.30. The van der Waals surface area contributed by atoms with Gasteiger partial charge < -0.3 is 10.2 Å². The lowest BCUT2D eigenvalue weighted by Gasteiger charge is -2.23. The molecule has 2 aromatic heterocycles. The Balaban J connectivity index is 1.74. The summed E-state index contributed by atoms with van der Waals surface area (Å²) in [6.07, 6.45) is 0. The van der Waals surface area contributed by atoms with Crippen LogP contribution >= 0.6 is 0 Å². The van der Waals surface area contributed by atoms with E-state index in [4.69, 9.17) is 4.98 Å². The summed E-state index contributed by atoms with van der Waals surface area (Å²) in [7, 11) is 1.99. The minimum Gasteiger partial charge on any atom is -0.343 e. The zero-order valence-electron chi connectivity index (χ0n) is 18.6. The lowest BCUT2D eigenvalue weighted by atomic mass is 10.1. The molecule has 162 valence electrons. The lowest BCUT2D eigenvalue weighted by Crippen LogP contribution is -2.17. The number of aryl methyl sites for hydroxylation is 1. The van der Waals surface area contributed by atoms with Crippen LogP contribution in [-0.4, -0.2) is 16.6 Å². The molecule has 5 aromatic rings. The lowest BCUT2D eigenvalue weighted by molar-refractivity contribution is 1.04. The monoisotopic (exact) mass is 432 g/mol. The summed E-state index contributed by atoms with van der Waals surface area (Å²) >= 11 is 0. The number of hydrogen-bond acceptors (Lipinski definition) is 4. The molecule has 5 nitrogen and oxygen atoms in total. The fraction of sp³-hybridized carbons (Fsp3) is 0.0714. The van der Waals surface area contributed by atoms with E-state index in [9.17, 15) is 4.79 Å². The second-order valence-corrected chi connectivity index (χ2v) is 7.91. The van der Waals surface area contributed by atoms with E-state index in [1.54, 1.807) is 6.07 Å².